The zero-order valence-corrected chi connectivity index (χ0v) is 35.5. The lowest BCUT2D eigenvalue weighted by atomic mass is 10.1. The number of phosphoric acid groups is 1. The lowest BCUT2D eigenvalue weighted by molar-refractivity contribution is -0.870. The van der Waals surface area contributed by atoms with E-state index >= 15 is 0 Å². The number of ether oxygens (including phenoxy) is 2. The van der Waals surface area contributed by atoms with E-state index in [0.717, 1.165) is 57.8 Å². The van der Waals surface area contributed by atoms with Gasteiger partial charge in [-0.1, -0.05) is 151 Å². The summed E-state index contributed by atoms with van der Waals surface area (Å²) in [5.41, 5.74) is 0. The Morgan fingerprint density at radius 1 is 0.593 bits per heavy atom. The van der Waals surface area contributed by atoms with Crippen molar-refractivity contribution in [1.82, 2.24) is 0 Å². The standard InChI is InChI=1S/C44H76NO8P/c1-6-8-10-12-14-16-18-19-20-21-22-23-24-25-27-28-30-32-34-36-43(46)50-40-42(41-52-54(48,49)51-39-38-45(3,4)5)53-44(47)37-35-33-31-29-26-17-15-13-11-9-7-2/h8,10,14,16,19-20,22-23,25,27,30,32,42H,6-7,9,11-13,15,17-18,21,24,26,28-29,31,33-41H2,1-5H3/b10-8-,16-14-,20-19-,23-22-,27-25-,32-30-/t42-/m1/s1. The molecule has 0 saturated heterocycles. The van der Waals surface area contributed by atoms with Crippen LogP contribution in [0.2, 0.25) is 0 Å². The van der Waals surface area contributed by atoms with Gasteiger partial charge in [-0.05, 0) is 51.4 Å². The first-order valence-electron chi connectivity index (χ1n) is 20.6. The van der Waals surface area contributed by atoms with Crippen molar-refractivity contribution in [2.75, 3.05) is 47.5 Å². The second kappa shape index (κ2) is 36.1. The van der Waals surface area contributed by atoms with Gasteiger partial charge in [0.05, 0.1) is 27.7 Å². The molecule has 0 aromatic heterocycles. The highest BCUT2D eigenvalue weighted by molar-refractivity contribution is 7.45. The Morgan fingerprint density at radius 3 is 1.54 bits per heavy atom. The number of nitrogens with zero attached hydrogens (tertiary/aromatic N) is 1. The first-order chi connectivity index (χ1) is 26.0. The third-order valence-corrected chi connectivity index (χ3v) is 9.22. The maximum atomic E-state index is 12.6. The van der Waals surface area contributed by atoms with E-state index in [0.29, 0.717) is 23.9 Å². The van der Waals surface area contributed by atoms with Crippen molar-refractivity contribution >= 4 is 19.8 Å². The highest BCUT2D eigenvalue weighted by Gasteiger charge is 2.21. The molecule has 0 aliphatic carbocycles. The maximum Gasteiger partial charge on any atom is 0.306 e. The molecular weight excluding hydrogens is 701 g/mol. The summed E-state index contributed by atoms with van der Waals surface area (Å²) in [4.78, 5) is 37.4. The molecule has 0 spiro atoms. The molecule has 0 radical (unpaired) electrons. The molecular formula is C44H76NO8P. The third kappa shape index (κ3) is 39.2. The summed E-state index contributed by atoms with van der Waals surface area (Å²) in [6.07, 6.45) is 43.7. The molecule has 0 amide bonds. The van der Waals surface area contributed by atoms with Crippen LogP contribution in [0.15, 0.2) is 72.9 Å². The van der Waals surface area contributed by atoms with Crippen molar-refractivity contribution < 1.29 is 42.1 Å². The number of quaternary nitrogens is 1. The van der Waals surface area contributed by atoms with Crippen molar-refractivity contribution in [2.45, 2.75) is 148 Å². The van der Waals surface area contributed by atoms with Gasteiger partial charge >= 0.3 is 11.9 Å². The Bertz CT molecular complexity index is 1150. The first-order valence-corrected chi connectivity index (χ1v) is 22.1. The topological polar surface area (TPSA) is 111 Å². The lowest BCUT2D eigenvalue weighted by Crippen LogP contribution is -2.37. The Morgan fingerprint density at radius 2 is 1.06 bits per heavy atom. The number of phosphoric ester groups is 1. The van der Waals surface area contributed by atoms with Crippen LogP contribution in [0.5, 0.6) is 0 Å². The first kappa shape index (κ1) is 51.5. The molecule has 0 rings (SSSR count). The molecule has 1 unspecified atom stereocenters. The van der Waals surface area contributed by atoms with Crippen molar-refractivity contribution in [2.24, 2.45) is 0 Å². The maximum absolute atomic E-state index is 12.6. The van der Waals surface area contributed by atoms with E-state index < -0.39 is 32.5 Å². The summed E-state index contributed by atoms with van der Waals surface area (Å²) in [7, 11) is 1.12. The quantitative estimate of drug-likeness (QED) is 0.0203. The smallest absolute Gasteiger partial charge is 0.306 e. The predicted octanol–water partition coefficient (Wildman–Crippen LogP) is 10.8. The number of rotatable bonds is 36. The third-order valence-electron chi connectivity index (χ3n) is 8.25. The average Bonchev–Trinajstić information content (AvgIpc) is 3.12. The minimum atomic E-state index is -4.64. The van der Waals surface area contributed by atoms with Crippen LogP contribution in [0.25, 0.3) is 0 Å². The van der Waals surface area contributed by atoms with Crippen LogP contribution >= 0.6 is 7.82 Å². The molecule has 0 aliphatic heterocycles. The fourth-order valence-electron chi connectivity index (χ4n) is 5.03. The summed E-state index contributed by atoms with van der Waals surface area (Å²) in [5, 5.41) is 0. The predicted molar refractivity (Wildman–Crippen MR) is 222 cm³/mol. The van der Waals surface area contributed by atoms with E-state index in [9.17, 15) is 19.0 Å². The van der Waals surface area contributed by atoms with Crippen LogP contribution in [0, 0.1) is 0 Å². The second-order valence-corrected chi connectivity index (χ2v) is 16.0. The van der Waals surface area contributed by atoms with Gasteiger partial charge in [0, 0.05) is 12.8 Å². The number of allylic oxidation sites excluding steroid dienone is 12. The molecule has 0 N–H and O–H groups in total. The van der Waals surface area contributed by atoms with E-state index in [2.05, 4.69) is 74.6 Å². The highest BCUT2D eigenvalue weighted by atomic mass is 31.2. The van der Waals surface area contributed by atoms with Crippen LogP contribution < -0.4 is 4.89 Å². The molecule has 9 nitrogen and oxygen atoms in total. The zero-order valence-electron chi connectivity index (χ0n) is 34.6. The summed E-state index contributed by atoms with van der Waals surface area (Å²) >= 11 is 0. The molecule has 2 atom stereocenters. The number of carbonyl (C=O) groups excluding carboxylic acids is 2. The van der Waals surface area contributed by atoms with E-state index in [-0.39, 0.29) is 26.1 Å². The van der Waals surface area contributed by atoms with Gasteiger partial charge in [0.2, 0.25) is 0 Å². The van der Waals surface area contributed by atoms with Crippen LogP contribution in [0.3, 0.4) is 0 Å². The number of hydrogen-bond acceptors (Lipinski definition) is 8. The Balaban J connectivity index is 4.51. The van der Waals surface area contributed by atoms with E-state index in [1.165, 1.54) is 44.9 Å². The monoisotopic (exact) mass is 778 g/mol. The van der Waals surface area contributed by atoms with Crippen LogP contribution in [-0.2, 0) is 32.7 Å². The summed E-state index contributed by atoms with van der Waals surface area (Å²) in [5.74, 6) is -0.939. The highest BCUT2D eigenvalue weighted by Crippen LogP contribution is 2.38. The van der Waals surface area contributed by atoms with Crippen LogP contribution in [0.1, 0.15) is 142 Å². The number of esters is 2. The normalized spacial score (nSPS) is 14.4. The second-order valence-electron chi connectivity index (χ2n) is 14.6. The summed E-state index contributed by atoms with van der Waals surface area (Å²) < 4.78 is 33.7. The number of likely N-dealkylation sites (N-methyl/N-ethyl adjacent to an activating group) is 1. The summed E-state index contributed by atoms with van der Waals surface area (Å²) in [6.45, 7) is 3.99. The zero-order chi connectivity index (χ0) is 40.0. The Hall–Kier alpha value is -2.55. The van der Waals surface area contributed by atoms with E-state index in [4.69, 9.17) is 18.5 Å². The van der Waals surface area contributed by atoms with Gasteiger partial charge in [-0.3, -0.25) is 14.2 Å². The van der Waals surface area contributed by atoms with Crippen molar-refractivity contribution in [3.63, 3.8) is 0 Å². The van der Waals surface area contributed by atoms with Gasteiger partial charge in [0.25, 0.3) is 7.82 Å². The van der Waals surface area contributed by atoms with Gasteiger partial charge in [-0.2, -0.15) is 0 Å². The molecule has 0 fully saturated rings. The molecule has 310 valence electrons. The van der Waals surface area contributed by atoms with Gasteiger partial charge in [-0.25, -0.2) is 0 Å². The molecule has 10 heteroatoms. The number of hydrogen-bond donors (Lipinski definition) is 0. The van der Waals surface area contributed by atoms with E-state index in [1.807, 2.05) is 33.3 Å². The molecule has 54 heavy (non-hydrogen) atoms. The SMILES string of the molecule is CC/C=C\C/C=C\C/C=C\C/C=C\C/C=C\C/C=C\CCC(=O)OC[C@H](COP(=O)([O-])OCC[N+](C)(C)C)OC(=O)CCCCCCCCCCCCC. The van der Waals surface area contributed by atoms with Crippen molar-refractivity contribution in [3.8, 4) is 0 Å². The number of carbonyl (C=O) groups is 2. The fraction of sp³-hybridized carbons (Fsp3) is 0.682. The largest absolute Gasteiger partial charge is 0.756 e. The Labute approximate surface area is 329 Å². The fourth-order valence-corrected chi connectivity index (χ4v) is 5.76. The molecule has 0 aromatic carbocycles. The van der Waals surface area contributed by atoms with Crippen LogP contribution in [0.4, 0.5) is 0 Å². The Kier molecular flexibility index (Phi) is 34.4. The molecule has 0 aliphatic rings. The van der Waals surface area contributed by atoms with Gasteiger partial charge in [0.15, 0.2) is 6.10 Å². The minimum Gasteiger partial charge on any atom is -0.756 e. The van der Waals surface area contributed by atoms with Gasteiger partial charge < -0.3 is 27.9 Å². The molecule has 0 saturated carbocycles. The van der Waals surface area contributed by atoms with Gasteiger partial charge in [0.1, 0.15) is 19.8 Å². The lowest BCUT2D eigenvalue weighted by Gasteiger charge is -2.28. The van der Waals surface area contributed by atoms with Crippen molar-refractivity contribution in [1.29, 1.82) is 0 Å². The number of unbranched alkanes of at least 4 members (excludes halogenated alkanes) is 10. The van der Waals surface area contributed by atoms with Crippen molar-refractivity contribution in [3.05, 3.63) is 72.9 Å². The summed E-state index contributed by atoms with van der Waals surface area (Å²) in [6, 6.07) is 0. The minimum absolute atomic E-state index is 0.0445. The molecule has 0 heterocycles. The molecule has 0 bridgehead atoms. The van der Waals surface area contributed by atoms with Gasteiger partial charge in [-0.15, -0.1) is 0 Å². The van der Waals surface area contributed by atoms with E-state index in [1.54, 1.807) is 0 Å². The molecule has 0 aromatic rings. The average molecular weight is 778 g/mol. The van der Waals surface area contributed by atoms with Crippen LogP contribution in [-0.4, -0.2) is 70.0 Å².